The van der Waals surface area contributed by atoms with Gasteiger partial charge in [-0.05, 0) is 49.3 Å². The maximum absolute atomic E-state index is 10.8. The molecule has 0 fully saturated rings. The van der Waals surface area contributed by atoms with Gasteiger partial charge in [0, 0.05) is 18.0 Å². The summed E-state index contributed by atoms with van der Waals surface area (Å²) in [7, 11) is 0. The molecule has 2 atom stereocenters. The number of carbonyl (C=O) groups is 1. The van der Waals surface area contributed by atoms with E-state index in [-0.39, 0.29) is 12.3 Å². The van der Waals surface area contributed by atoms with Crippen LogP contribution in [0.3, 0.4) is 0 Å². The van der Waals surface area contributed by atoms with Crippen molar-refractivity contribution in [2.75, 3.05) is 6.61 Å². The summed E-state index contributed by atoms with van der Waals surface area (Å²) in [4.78, 5) is 10.8. The van der Waals surface area contributed by atoms with Gasteiger partial charge in [-0.3, -0.25) is 4.79 Å². The lowest BCUT2D eigenvalue weighted by molar-refractivity contribution is -0.137. The number of nitrogens with two attached hydrogens (primary N) is 1. The Labute approximate surface area is 158 Å². The van der Waals surface area contributed by atoms with Crippen molar-refractivity contribution < 1.29 is 14.6 Å². The largest absolute Gasteiger partial charge is 0.493 e. The summed E-state index contributed by atoms with van der Waals surface area (Å²) >= 11 is 0. The number of benzene rings is 1. The van der Waals surface area contributed by atoms with Gasteiger partial charge in [0.05, 0.1) is 13.0 Å². The van der Waals surface area contributed by atoms with Crippen LogP contribution < -0.4 is 10.5 Å². The minimum absolute atomic E-state index is 0.198. The maximum atomic E-state index is 10.8. The van der Waals surface area contributed by atoms with Gasteiger partial charge in [-0.15, -0.1) is 0 Å². The molecular weight excluding hydrogens is 326 g/mol. The van der Waals surface area contributed by atoms with Crippen molar-refractivity contribution in [3.8, 4) is 5.75 Å². The highest BCUT2D eigenvalue weighted by Gasteiger charge is 2.30. The summed E-state index contributed by atoms with van der Waals surface area (Å²) in [6.45, 7) is 5.07. The van der Waals surface area contributed by atoms with Crippen LogP contribution in [0.25, 0.3) is 0 Å². The van der Waals surface area contributed by atoms with E-state index in [1.807, 2.05) is 6.07 Å². The van der Waals surface area contributed by atoms with Gasteiger partial charge in [0.15, 0.2) is 0 Å². The summed E-state index contributed by atoms with van der Waals surface area (Å²) in [5, 5.41) is 8.92. The number of ether oxygens (including phenoxy) is 1. The number of carboxylic acids is 1. The smallest absolute Gasteiger partial charge is 0.303 e. The highest BCUT2D eigenvalue weighted by atomic mass is 16.5. The first-order chi connectivity index (χ1) is 12.5. The molecule has 1 aromatic carbocycles. The highest BCUT2D eigenvalue weighted by Crippen LogP contribution is 2.43. The minimum atomic E-state index is -0.700. The maximum Gasteiger partial charge on any atom is 0.303 e. The first kappa shape index (κ1) is 20.8. The normalized spacial score (nSPS) is 18.3. The fourth-order valence-electron chi connectivity index (χ4n) is 4.03. The zero-order valence-electron chi connectivity index (χ0n) is 16.4. The second-order valence-corrected chi connectivity index (χ2v) is 7.73. The van der Waals surface area contributed by atoms with E-state index in [4.69, 9.17) is 15.6 Å². The molecule has 0 amide bonds. The molecule has 1 aliphatic carbocycles. The summed E-state index contributed by atoms with van der Waals surface area (Å²) in [6.07, 6.45) is 11.2. The lowest BCUT2D eigenvalue weighted by Gasteiger charge is -2.12. The van der Waals surface area contributed by atoms with Crippen LogP contribution in [0.2, 0.25) is 0 Å². The number of aliphatic carboxylic acids is 1. The molecule has 1 aromatic rings. The molecule has 1 heterocycles. The molecule has 26 heavy (non-hydrogen) atoms. The quantitative estimate of drug-likeness (QED) is 0.651. The van der Waals surface area contributed by atoms with Crippen molar-refractivity contribution in [1.29, 1.82) is 0 Å². The Bertz CT molecular complexity index is 583. The van der Waals surface area contributed by atoms with Gasteiger partial charge in [0.2, 0.25) is 0 Å². The molecule has 0 radical (unpaired) electrons. The van der Waals surface area contributed by atoms with Crippen molar-refractivity contribution in [3.63, 3.8) is 0 Å². The molecule has 4 heteroatoms. The molecule has 0 saturated heterocycles. The highest BCUT2D eigenvalue weighted by molar-refractivity contribution is 5.69. The fraction of sp³-hybridized carbons (Fsp3) is 0.682. The molecule has 4 nitrogen and oxygen atoms in total. The van der Waals surface area contributed by atoms with E-state index in [2.05, 4.69) is 19.9 Å². The van der Waals surface area contributed by atoms with Crippen LogP contribution in [0.4, 0.5) is 0 Å². The zero-order chi connectivity index (χ0) is 18.9. The van der Waals surface area contributed by atoms with Crippen LogP contribution in [0.15, 0.2) is 12.1 Å². The molecule has 0 bridgehead atoms. The van der Waals surface area contributed by atoms with Crippen LogP contribution in [-0.2, 0) is 17.6 Å². The Balaban J connectivity index is 0.000000213. The molecule has 1 aliphatic heterocycles. The number of hydrogen-bond donors (Lipinski definition) is 2. The van der Waals surface area contributed by atoms with E-state index in [1.165, 1.54) is 55.2 Å². The molecule has 0 spiro atoms. The number of rotatable bonds is 8. The lowest BCUT2D eigenvalue weighted by Crippen LogP contribution is -2.13. The van der Waals surface area contributed by atoms with Crippen molar-refractivity contribution in [3.05, 3.63) is 28.8 Å². The summed E-state index contributed by atoms with van der Waals surface area (Å²) < 4.78 is 5.53. The third-order valence-corrected chi connectivity index (χ3v) is 5.37. The molecule has 146 valence electrons. The molecule has 0 aromatic heterocycles. The van der Waals surface area contributed by atoms with Gasteiger partial charge in [-0.1, -0.05) is 45.1 Å². The van der Waals surface area contributed by atoms with Crippen LogP contribution in [-0.4, -0.2) is 23.7 Å². The Kier molecular flexibility index (Phi) is 8.43. The van der Waals surface area contributed by atoms with E-state index in [9.17, 15) is 4.79 Å². The van der Waals surface area contributed by atoms with Gasteiger partial charge < -0.3 is 15.6 Å². The number of fused-ring (bicyclic) bond motifs is 3. The number of hydrogen-bond acceptors (Lipinski definition) is 3. The van der Waals surface area contributed by atoms with Gasteiger partial charge in [-0.25, -0.2) is 0 Å². The minimum Gasteiger partial charge on any atom is -0.493 e. The molecule has 0 unspecified atom stereocenters. The summed E-state index contributed by atoms with van der Waals surface area (Å²) in [6, 6.07) is 4.53. The number of carboxylic acid groups (broad SMARTS) is 1. The summed E-state index contributed by atoms with van der Waals surface area (Å²) in [5.41, 5.74) is 9.48. The molecule has 3 N–H and O–H groups in total. The topological polar surface area (TPSA) is 72.6 Å². The zero-order valence-corrected chi connectivity index (χ0v) is 16.4. The predicted molar refractivity (Wildman–Crippen MR) is 106 cm³/mol. The lowest BCUT2D eigenvalue weighted by atomic mass is 9.92. The van der Waals surface area contributed by atoms with Crippen molar-refractivity contribution in [2.24, 2.45) is 5.73 Å². The van der Waals surface area contributed by atoms with E-state index in [0.717, 1.165) is 31.6 Å². The Hall–Kier alpha value is -1.55. The second kappa shape index (κ2) is 10.6. The molecule has 0 saturated carbocycles. The van der Waals surface area contributed by atoms with Crippen molar-refractivity contribution >= 4 is 5.97 Å². The average Bonchev–Trinajstić information content (AvgIpc) is 3.21. The average molecular weight is 362 g/mol. The SMILES string of the molecule is CCCCCCC[C@H](C)N.O=C(O)C[C@@H]1CCc2ccc3c(c21)CCO3. The Morgan fingerprint density at radius 2 is 2.04 bits per heavy atom. The van der Waals surface area contributed by atoms with Gasteiger partial charge in [0.25, 0.3) is 0 Å². The second-order valence-electron chi connectivity index (χ2n) is 7.73. The van der Waals surface area contributed by atoms with Gasteiger partial charge in [0.1, 0.15) is 5.75 Å². The Morgan fingerprint density at radius 1 is 1.27 bits per heavy atom. The molecular formula is C22H35NO3. The van der Waals surface area contributed by atoms with E-state index >= 15 is 0 Å². The van der Waals surface area contributed by atoms with Gasteiger partial charge >= 0.3 is 5.97 Å². The van der Waals surface area contributed by atoms with Crippen LogP contribution in [0, 0.1) is 0 Å². The summed E-state index contributed by atoms with van der Waals surface area (Å²) in [5.74, 6) is 0.467. The number of aryl methyl sites for hydroxylation is 1. The Morgan fingerprint density at radius 3 is 2.73 bits per heavy atom. The monoisotopic (exact) mass is 361 g/mol. The van der Waals surface area contributed by atoms with Crippen LogP contribution in [0.5, 0.6) is 5.75 Å². The fourth-order valence-corrected chi connectivity index (χ4v) is 4.03. The third-order valence-electron chi connectivity index (χ3n) is 5.37. The van der Waals surface area contributed by atoms with E-state index < -0.39 is 5.97 Å². The molecule has 2 aliphatic rings. The van der Waals surface area contributed by atoms with Gasteiger partial charge in [-0.2, -0.15) is 0 Å². The first-order valence-corrected chi connectivity index (χ1v) is 10.3. The van der Waals surface area contributed by atoms with Crippen molar-refractivity contribution in [1.82, 2.24) is 0 Å². The van der Waals surface area contributed by atoms with Crippen LogP contribution >= 0.6 is 0 Å². The van der Waals surface area contributed by atoms with E-state index in [0.29, 0.717) is 6.04 Å². The number of unbranched alkanes of at least 4 members (excludes halogenated alkanes) is 4. The predicted octanol–water partition coefficient (Wildman–Crippen LogP) is 4.82. The first-order valence-electron chi connectivity index (χ1n) is 10.3. The van der Waals surface area contributed by atoms with Crippen molar-refractivity contribution in [2.45, 2.75) is 90.0 Å². The third kappa shape index (κ3) is 6.01. The molecule has 3 rings (SSSR count). The van der Waals surface area contributed by atoms with Crippen LogP contribution in [0.1, 0.15) is 87.8 Å². The van der Waals surface area contributed by atoms with E-state index in [1.54, 1.807) is 0 Å². The standard InChI is InChI=1S/C13H14O3.C9H21N/c14-12(15)7-9-2-1-8-3-4-11-10(13(8)9)5-6-16-11;1-3-4-5-6-7-8-9(2)10/h3-4,9H,1-2,5-7H2,(H,14,15);9H,3-8,10H2,1-2H3/t2*9-/m00/s1.